The normalized spacial score (nSPS) is 32.1. The van der Waals surface area contributed by atoms with Gasteiger partial charge in [-0.15, -0.1) is 0 Å². The fraction of sp³-hybridized carbons (Fsp3) is 0.545. The van der Waals surface area contributed by atoms with Crippen molar-refractivity contribution in [3.63, 3.8) is 0 Å². The average Bonchev–Trinajstić information content (AvgIpc) is 2.76. The van der Waals surface area contributed by atoms with Gasteiger partial charge in [-0.2, -0.15) is 4.59 Å². The van der Waals surface area contributed by atoms with Gasteiger partial charge >= 0.3 is 6.67 Å². The maximum atomic E-state index is 10.9. The second-order valence-corrected chi connectivity index (χ2v) is 5.79. The monoisotopic (exact) mass is 303 g/mol. The van der Waals surface area contributed by atoms with Gasteiger partial charge < -0.3 is 0 Å². The van der Waals surface area contributed by atoms with Gasteiger partial charge in [0, 0.05) is 18.2 Å². The molecular weight excluding hydrogens is 291 g/mol. The Morgan fingerprint density at radius 2 is 2.37 bits per heavy atom. The van der Waals surface area contributed by atoms with E-state index >= 15 is 0 Å². The summed E-state index contributed by atoms with van der Waals surface area (Å²) in [7, 11) is 0. The second kappa shape index (κ2) is 4.56. The van der Waals surface area contributed by atoms with Crippen molar-refractivity contribution < 1.29 is 9.52 Å². The highest BCUT2D eigenvalue weighted by molar-refractivity contribution is 6.41. The summed E-state index contributed by atoms with van der Waals surface area (Å²) in [6, 6.07) is 1.74. The lowest BCUT2D eigenvalue weighted by Gasteiger charge is -2.17. The van der Waals surface area contributed by atoms with Gasteiger partial charge in [0.2, 0.25) is 6.17 Å². The van der Waals surface area contributed by atoms with Crippen LogP contribution < -0.4 is 0 Å². The molecule has 0 aromatic carbocycles. The zero-order valence-corrected chi connectivity index (χ0v) is 11.6. The molecular formula is C11H13Cl2N4O2+. The highest BCUT2D eigenvalue weighted by Crippen LogP contribution is 2.47. The predicted molar refractivity (Wildman–Crippen MR) is 69.8 cm³/mol. The highest BCUT2D eigenvalue weighted by atomic mass is 35.5. The number of nitro groups is 1. The van der Waals surface area contributed by atoms with Crippen LogP contribution in [0.25, 0.3) is 0 Å². The summed E-state index contributed by atoms with van der Waals surface area (Å²) in [5.41, 5.74) is 0.880. The molecule has 0 aliphatic carbocycles. The maximum Gasteiger partial charge on any atom is 0.347 e. The molecule has 6 nitrogen and oxygen atoms in total. The zero-order valence-electron chi connectivity index (χ0n) is 10.1. The Kier molecular flexibility index (Phi) is 3.13. The minimum Gasteiger partial charge on any atom is -0.259 e. The summed E-state index contributed by atoms with van der Waals surface area (Å²) in [6.45, 7) is 1.40. The number of halogens is 2. The molecule has 2 fully saturated rings. The average molecular weight is 304 g/mol. The van der Waals surface area contributed by atoms with Crippen LogP contribution in [-0.2, 0) is 6.54 Å². The summed E-state index contributed by atoms with van der Waals surface area (Å²) >= 11 is 11.7. The third kappa shape index (κ3) is 2.18. The van der Waals surface area contributed by atoms with Crippen molar-refractivity contribution in [2.45, 2.75) is 25.6 Å². The van der Waals surface area contributed by atoms with Crippen LogP contribution in [0.4, 0.5) is 0 Å². The van der Waals surface area contributed by atoms with Crippen LogP contribution in [0.1, 0.15) is 18.4 Å². The standard InChI is InChI=1S/C11H13Cl2N4O2/c12-9-4-8(5-14-11(9)13)6-17(7-16(18)19)10-2-1-3-15(10)17/h4-5,10H,1-3,6-7H2/q+1. The summed E-state index contributed by atoms with van der Waals surface area (Å²) < 4.78 is 0.395. The van der Waals surface area contributed by atoms with Crippen molar-refractivity contribution in [3.05, 3.63) is 38.1 Å². The Morgan fingerprint density at radius 1 is 1.58 bits per heavy atom. The molecule has 0 amide bonds. The van der Waals surface area contributed by atoms with Gasteiger partial charge in [0.1, 0.15) is 11.7 Å². The molecule has 3 heterocycles. The van der Waals surface area contributed by atoms with Crippen LogP contribution in [0, 0.1) is 10.1 Å². The molecule has 3 unspecified atom stereocenters. The number of hydrogen-bond donors (Lipinski definition) is 0. The first kappa shape index (κ1) is 13.1. The number of hydrogen-bond acceptors (Lipinski definition) is 4. The molecule has 1 aromatic rings. The van der Waals surface area contributed by atoms with E-state index in [0.717, 1.165) is 24.9 Å². The third-order valence-corrected chi connectivity index (χ3v) is 4.56. The zero-order chi connectivity index (χ0) is 13.6. The first-order chi connectivity index (χ1) is 9.03. The molecule has 0 spiro atoms. The molecule has 2 aliphatic heterocycles. The van der Waals surface area contributed by atoms with Crippen molar-refractivity contribution in [1.29, 1.82) is 0 Å². The molecule has 0 radical (unpaired) electrons. The Bertz CT molecular complexity index is 529. The van der Waals surface area contributed by atoms with E-state index < -0.39 is 0 Å². The molecule has 0 saturated carbocycles. The summed E-state index contributed by atoms with van der Waals surface area (Å²) in [4.78, 5) is 14.6. The van der Waals surface area contributed by atoms with Gasteiger partial charge in [0.15, 0.2) is 0 Å². The number of fused-ring (bicyclic) bond motifs is 1. The first-order valence-corrected chi connectivity index (χ1v) is 6.84. The fourth-order valence-corrected chi connectivity index (χ4v) is 3.40. The molecule has 102 valence electrons. The number of quaternary nitrogens is 1. The lowest BCUT2D eigenvalue weighted by Crippen LogP contribution is -2.38. The summed E-state index contributed by atoms with van der Waals surface area (Å²) in [5, 5.41) is 13.7. The van der Waals surface area contributed by atoms with Gasteiger partial charge in [-0.05, 0) is 12.5 Å². The predicted octanol–water partition coefficient (Wildman–Crippen LogP) is 2.29. The number of nitrogens with zero attached hydrogens (tertiary/aromatic N) is 4. The molecule has 0 bridgehead atoms. The van der Waals surface area contributed by atoms with Gasteiger partial charge in [-0.25, -0.2) is 4.98 Å². The van der Waals surface area contributed by atoms with E-state index in [1.165, 1.54) is 0 Å². The Hall–Kier alpha value is -0.950. The van der Waals surface area contributed by atoms with Crippen LogP contribution in [0.2, 0.25) is 10.2 Å². The number of aromatic nitrogens is 1. The van der Waals surface area contributed by atoms with E-state index in [4.69, 9.17) is 23.2 Å². The van der Waals surface area contributed by atoms with Gasteiger partial charge in [0.25, 0.3) is 0 Å². The van der Waals surface area contributed by atoms with Gasteiger partial charge in [-0.1, -0.05) is 28.2 Å². The minimum atomic E-state index is -0.247. The van der Waals surface area contributed by atoms with E-state index in [-0.39, 0.29) is 22.9 Å². The van der Waals surface area contributed by atoms with Crippen LogP contribution in [0.3, 0.4) is 0 Å². The van der Waals surface area contributed by atoms with Crippen LogP contribution in [-0.4, -0.2) is 38.9 Å². The molecule has 1 aromatic heterocycles. The van der Waals surface area contributed by atoms with Crippen LogP contribution in [0.15, 0.2) is 12.3 Å². The smallest absolute Gasteiger partial charge is 0.259 e. The van der Waals surface area contributed by atoms with Gasteiger partial charge in [-0.3, -0.25) is 10.1 Å². The lowest BCUT2D eigenvalue weighted by atomic mass is 10.2. The van der Waals surface area contributed by atoms with E-state index in [1.54, 1.807) is 12.3 Å². The Balaban J connectivity index is 1.82. The van der Waals surface area contributed by atoms with E-state index in [1.807, 2.05) is 0 Å². The Morgan fingerprint density at radius 3 is 2.95 bits per heavy atom. The Labute approximate surface area is 120 Å². The van der Waals surface area contributed by atoms with E-state index in [0.29, 0.717) is 16.2 Å². The molecule has 8 heteroatoms. The minimum absolute atomic E-state index is 0.0785. The van der Waals surface area contributed by atoms with E-state index in [9.17, 15) is 10.1 Å². The molecule has 3 rings (SSSR count). The lowest BCUT2D eigenvalue weighted by molar-refractivity contribution is -0.962. The molecule has 2 saturated heterocycles. The van der Waals surface area contributed by atoms with Crippen molar-refractivity contribution in [2.24, 2.45) is 0 Å². The first-order valence-electron chi connectivity index (χ1n) is 6.08. The quantitative estimate of drug-likeness (QED) is 0.281. The molecule has 19 heavy (non-hydrogen) atoms. The van der Waals surface area contributed by atoms with Crippen LogP contribution >= 0.6 is 23.2 Å². The number of pyridine rings is 1. The van der Waals surface area contributed by atoms with Gasteiger partial charge in [0.05, 0.1) is 16.5 Å². The fourth-order valence-electron chi connectivity index (χ4n) is 3.10. The summed E-state index contributed by atoms with van der Waals surface area (Å²) in [5.74, 6) is 0. The third-order valence-electron chi connectivity index (χ3n) is 3.88. The van der Waals surface area contributed by atoms with Crippen LogP contribution in [0.5, 0.6) is 0 Å². The van der Waals surface area contributed by atoms with Crippen molar-refractivity contribution >= 4 is 23.2 Å². The topological polar surface area (TPSA) is 59.0 Å². The maximum absolute atomic E-state index is 10.9. The second-order valence-electron chi connectivity index (χ2n) is 5.02. The highest BCUT2D eigenvalue weighted by Gasteiger charge is 2.69. The number of rotatable bonds is 4. The largest absolute Gasteiger partial charge is 0.347 e. The van der Waals surface area contributed by atoms with Crippen molar-refractivity contribution in [3.8, 4) is 0 Å². The molecule has 3 atom stereocenters. The van der Waals surface area contributed by atoms with Crippen molar-refractivity contribution in [2.75, 3.05) is 13.2 Å². The summed E-state index contributed by atoms with van der Waals surface area (Å²) in [6.07, 6.45) is 4.05. The van der Waals surface area contributed by atoms with E-state index in [2.05, 4.69) is 9.99 Å². The SMILES string of the molecule is O=[N+]([O-])C[N+]1(Cc2cnc(Cl)c(Cl)c2)C2CCCN21. The molecule has 2 aliphatic rings. The van der Waals surface area contributed by atoms with Crippen molar-refractivity contribution in [1.82, 2.24) is 9.99 Å². The molecule has 0 N–H and O–H groups in total.